The van der Waals surface area contributed by atoms with Gasteiger partial charge in [0.05, 0.1) is 0 Å². The topological polar surface area (TPSA) is 77.1 Å². The predicted molar refractivity (Wildman–Crippen MR) is 101 cm³/mol. The molecule has 8 heteroatoms. The number of rotatable bonds is 7. The summed E-state index contributed by atoms with van der Waals surface area (Å²) in [4.78, 5) is 24.9. The lowest BCUT2D eigenvalue weighted by Gasteiger charge is -2.04. The van der Waals surface area contributed by atoms with Gasteiger partial charge >= 0.3 is 5.76 Å². The number of carbonyl (C=O) groups is 1. The summed E-state index contributed by atoms with van der Waals surface area (Å²) in [6, 6.07) is 16.6. The number of carbonyl (C=O) groups excluding carboxylic acids is 1. The maximum absolute atomic E-state index is 12.0. The summed E-state index contributed by atoms with van der Waals surface area (Å²) < 4.78 is 6.11. The van der Waals surface area contributed by atoms with E-state index < -0.39 is 5.76 Å². The third-order valence-electron chi connectivity index (χ3n) is 3.43. The Morgan fingerprint density at radius 2 is 1.88 bits per heavy atom. The molecule has 2 aromatic carbocycles. The Morgan fingerprint density at radius 3 is 2.62 bits per heavy atom. The van der Waals surface area contributed by atoms with E-state index >= 15 is 0 Å². The Kier molecular flexibility index (Phi) is 6.14. The highest BCUT2D eigenvalue weighted by molar-refractivity contribution is 7.99. The monoisotopic (exact) mass is 389 g/mol. The molecule has 0 saturated carbocycles. The van der Waals surface area contributed by atoms with E-state index in [0.717, 1.165) is 9.58 Å². The molecule has 0 bridgehead atoms. The molecule has 3 rings (SSSR count). The van der Waals surface area contributed by atoms with E-state index in [1.807, 2.05) is 42.5 Å². The van der Waals surface area contributed by atoms with E-state index in [1.165, 1.54) is 0 Å². The molecule has 0 fully saturated rings. The van der Waals surface area contributed by atoms with Gasteiger partial charge in [-0.25, -0.2) is 4.79 Å². The molecule has 1 aromatic heterocycles. The number of aromatic nitrogens is 2. The van der Waals surface area contributed by atoms with Crippen LogP contribution in [-0.4, -0.2) is 28.0 Å². The highest BCUT2D eigenvalue weighted by Gasteiger charge is 2.12. The number of benzene rings is 2. The third-order valence-corrected chi connectivity index (χ3v) is 4.69. The molecule has 0 aliphatic heterocycles. The fourth-order valence-corrected chi connectivity index (χ4v) is 3.08. The quantitative estimate of drug-likeness (QED) is 0.496. The van der Waals surface area contributed by atoms with Crippen molar-refractivity contribution < 1.29 is 9.21 Å². The highest BCUT2D eigenvalue weighted by atomic mass is 35.5. The minimum absolute atomic E-state index is 0.180. The zero-order valence-electron chi connectivity index (χ0n) is 13.7. The van der Waals surface area contributed by atoms with Crippen molar-refractivity contribution >= 4 is 29.3 Å². The maximum Gasteiger partial charge on any atom is 0.437 e. The van der Waals surface area contributed by atoms with Gasteiger partial charge in [0, 0.05) is 27.8 Å². The van der Waals surface area contributed by atoms with Gasteiger partial charge in [0.15, 0.2) is 0 Å². The van der Waals surface area contributed by atoms with E-state index in [4.69, 9.17) is 16.0 Å². The predicted octanol–water partition coefficient (Wildman–Crippen LogP) is 3.07. The molecule has 0 atom stereocenters. The van der Waals surface area contributed by atoms with Crippen LogP contribution in [0, 0.1) is 0 Å². The smallest absolute Gasteiger partial charge is 0.388 e. The average Bonchev–Trinajstić information content (AvgIpc) is 3.01. The van der Waals surface area contributed by atoms with Crippen LogP contribution in [-0.2, 0) is 11.3 Å². The van der Waals surface area contributed by atoms with Crippen LogP contribution in [0.15, 0.2) is 68.7 Å². The molecule has 1 N–H and O–H groups in total. The van der Waals surface area contributed by atoms with E-state index in [1.54, 1.807) is 23.9 Å². The Morgan fingerprint density at radius 1 is 1.15 bits per heavy atom. The second kappa shape index (κ2) is 8.73. The molecule has 134 valence electrons. The molecular weight excluding hydrogens is 374 g/mol. The standard InChI is InChI=1S/C18H16ClN3O3S/c19-14-6-8-15(9-7-14)26-11-10-20-16(23)12-22-18(24)25-17(21-22)13-4-2-1-3-5-13/h1-9H,10-12H2,(H,20,23). The second-order valence-electron chi connectivity index (χ2n) is 5.35. The summed E-state index contributed by atoms with van der Waals surface area (Å²) in [7, 11) is 0. The Labute approximate surface area is 159 Å². The van der Waals surface area contributed by atoms with Crippen molar-refractivity contribution in [2.45, 2.75) is 11.4 Å². The molecule has 6 nitrogen and oxygen atoms in total. The van der Waals surface area contributed by atoms with Crippen LogP contribution in [0.5, 0.6) is 0 Å². The largest absolute Gasteiger partial charge is 0.437 e. The minimum atomic E-state index is -0.658. The molecule has 0 saturated heterocycles. The van der Waals surface area contributed by atoms with Gasteiger partial charge in [-0.2, -0.15) is 4.68 Å². The van der Waals surface area contributed by atoms with Crippen LogP contribution in [0.3, 0.4) is 0 Å². The Bertz CT molecular complexity index is 923. The summed E-state index contributed by atoms with van der Waals surface area (Å²) in [6.45, 7) is 0.297. The molecule has 0 spiro atoms. The van der Waals surface area contributed by atoms with Crippen molar-refractivity contribution in [3.8, 4) is 11.5 Å². The second-order valence-corrected chi connectivity index (χ2v) is 6.95. The number of nitrogens with zero attached hydrogens (tertiary/aromatic N) is 2. The van der Waals surface area contributed by atoms with Gasteiger partial charge in [-0.15, -0.1) is 16.9 Å². The van der Waals surface area contributed by atoms with Gasteiger partial charge in [0.2, 0.25) is 11.8 Å². The van der Waals surface area contributed by atoms with Crippen LogP contribution in [0.1, 0.15) is 0 Å². The molecule has 26 heavy (non-hydrogen) atoms. The number of amides is 1. The van der Waals surface area contributed by atoms with Gasteiger partial charge in [0.25, 0.3) is 0 Å². The summed E-state index contributed by atoms with van der Waals surface area (Å²) >= 11 is 7.44. The van der Waals surface area contributed by atoms with Crippen LogP contribution < -0.4 is 11.1 Å². The number of hydrogen-bond donors (Lipinski definition) is 1. The van der Waals surface area contributed by atoms with Crippen molar-refractivity contribution in [3.63, 3.8) is 0 Å². The third kappa shape index (κ3) is 5.00. The summed E-state index contributed by atoms with van der Waals surface area (Å²) in [6.07, 6.45) is 0. The van der Waals surface area contributed by atoms with Crippen molar-refractivity contribution in [1.29, 1.82) is 0 Å². The first-order valence-electron chi connectivity index (χ1n) is 7.90. The van der Waals surface area contributed by atoms with Gasteiger partial charge in [0.1, 0.15) is 6.54 Å². The van der Waals surface area contributed by atoms with Crippen molar-refractivity contribution in [2.75, 3.05) is 12.3 Å². The Hall–Kier alpha value is -2.51. The van der Waals surface area contributed by atoms with E-state index in [9.17, 15) is 9.59 Å². The van der Waals surface area contributed by atoms with Gasteiger partial charge in [-0.3, -0.25) is 4.79 Å². The zero-order chi connectivity index (χ0) is 18.4. The van der Waals surface area contributed by atoms with Crippen molar-refractivity contribution in [3.05, 3.63) is 70.2 Å². The zero-order valence-corrected chi connectivity index (χ0v) is 15.3. The molecule has 0 unspecified atom stereocenters. The van der Waals surface area contributed by atoms with E-state index in [0.29, 0.717) is 22.9 Å². The van der Waals surface area contributed by atoms with Crippen molar-refractivity contribution in [1.82, 2.24) is 15.1 Å². The van der Waals surface area contributed by atoms with Gasteiger partial charge in [-0.1, -0.05) is 29.8 Å². The van der Waals surface area contributed by atoms with Gasteiger partial charge in [-0.05, 0) is 36.4 Å². The molecular formula is C18H16ClN3O3S. The molecule has 1 amide bonds. The first kappa shape index (κ1) is 18.3. The SMILES string of the molecule is O=C(Cn1nc(-c2ccccc2)oc1=O)NCCSc1ccc(Cl)cc1. The minimum Gasteiger partial charge on any atom is -0.388 e. The van der Waals surface area contributed by atoms with Crippen LogP contribution in [0.25, 0.3) is 11.5 Å². The van der Waals surface area contributed by atoms with Gasteiger partial charge < -0.3 is 9.73 Å². The molecule has 0 aliphatic carbocycles. The lowest BCUT2D eigenvalue weighted by atomic mass is 10.2. The first-order valence-corrected chi connectivity index (χ1v) is 9.26. The fourth-order valence-electron chi connectivity index (χ4n) is 2.19. The number of thioether (sulfide) groups is 1. The Balaban J connectivity index is 1.48. The first-order chi connectivity index (χ1) is 12.6. The maximum atomic E-state index is 12.0. The van der Waals surface area contributed by atoms with Crippen LogP contribution in [0.4, 0.5) is 0 Å². The highest BCUT2D eigenvalue weighted by Crippen LogP contribution is 2.19. The average molecular weight is 390 g/mol. The normalized spacial score (nSPS) is 10.7. The number of hydrogen-bond acceptors (Lipinski definition) is 5. The molecule has 3 aromatic rings. The number of halogens is 1. The summed E-state index contributed by atoms with van der Waals surface area (Å²) in [5, 5.41) is 7.52. The van der Waals surface area contributed by atoms with Crippen LogP contribution >= 0.6 is 23.4 Å². The molecule has 0 aliphatic rings. The van der Waals surface area contributed by atoms with E-state index in [2.05, 4.69) is 10.4 Å². The summed E-state index contributed by atoms with van der Waals surface area (Å²) in [5.41, 5.74) is 0.683. The lowest BCUT2D eigenvalue weighted by molar-refractivity contribution is -0.121. The molecule has 0 radical (unpaired) electrons. The van der Waals surface area contributed by atoms with E-state index in [-0.39, 0.29) is 18.3 Å². The van der Waals surface area contributed by atoms with Crippen LogP contribution in [0.2, 0.25) is 5.02 Å². The summed E-state index contributed by atoms with van der Waals surface area (Å²) in [5.74, 6) is -0.0518. The lowest BCUT2D eigenvalue weighted by Crippen LogP contribution is -2.32. The number of nitrogens with one attached hydrogen (secondary N) is 1. The fraction of sp³-hybridized carbons (Fsp3) is 0.167. The molecule has 1 heterocycles. The van der Waals surface area contributed by atoms with Crippen molar-refractivity contribution in [2.24, 2.45) is 0 Å².